The van der Waals surface area contributed by atoms with Crippen molar-refractivity contribution in [3.8, 4) is 0 Å². The van der Waals surface area contributed by atoms with Crippen molar-refractivity contribution in [2.45, 2.75) is 147 Å². The van der Waals surface area contributed by atoms with Gasteiger partial charge < -0.3 is 127 Å². The quantitative estimate of drug-likeness (QED) is 0.0688. The average molecular weight is 2040 g/mol. The van der Waals surface area contributed by atoms with E-state index in [1.165, 1.54) is 38.8 Å². The summed E-state index contributed by atoms with van der Waals surface area (Å²) in [5.74, 6) is -0.705. The van der Waals surface area contributed by atoms with E-state index < -0.39 is 249 Å². The van der Waals surface area contributed by atoms with Crippen molar-refractivity contribution in [1.82, 2.24) is 117 Å². The number of hydrogen-bond acceptors (Lipinski definition) is 54. The third-order valence-corrected chi connectivity index (χ3v) is 28.5. The van der Waals surface area contributed by atoms with E-state index in [1.54, 1.807) is 0 Å². The number of H-pyrrole nitrogens is 3. The second-order valence-electron chi connectivity index (χ2n) is 30.4. The van der Waals surface area contributed by atoms with Crippen molar-refractivity contribution in [1.29, 1.82) is 0 Å². The minimum Gasteiger partial charge on any atom is -0.387 e. The van der Waals surface area contributed by atoms with Crippen LogP contribution in [0.25, 0.3) is 61.5 Å². The Morgan fingerprint density at radius 3 is 1.03 bits per heavy atom. The van der Waals surface area contributed by atoms with Gasteiger partial charge in [0.15, 0.2) is 99.0 Å². The number of phosphoric acid groups is 5. The van der Waals surface area contributed by atoms with Crippen molar-refractivity contribution < 1.29 is 166 Å². The zero-order valence-corrected chi connectivity index (χ0v) is 73.4. The van der Waals surface area contributed by atoms with Crippen LogP contribution in [0, 0.1) is 0 Å². The highest BCUT2D eigenvalue weighted by Crippen LogP contribution is 2.59. The molecule has 0 saturated carbocycles. The van der Waals surface area contributed by atoms with E-state index in [0.29, 0.717) is 0 Å². The first kappa shape index (κ1) is 94.1. The Morgan fingerprint density at radius 2 is 0.644 bits per heavy atom. The summed E-state index contributed by atoms with van der Waals surface area (Å²) in [6, 6.07) is 0. The Bertz CT molecular complexity index is 6470. The lowest BCUT2D eigenvalue weighted by Gasteiger charge is -2.27. The lowest BCUT2D eigenvalue weighted by atomic mass is 10.1. The van der Waals surface area contributed by atoms with E-state index >= 15 is 0 Å². The summed E-state index contributed by atoms with van der Waals surface area (Å²) >= 11 is 5.18. The number of nitrogens with one attached hydrogen (secondary N) is 3. The van der Waals surface area contributed by atoms with Crippen molar-refractivity contribution in [3.05, 3.63) is 93.6 Å². The van der Waals surface area contributed by atoms with Crippen LogP contribution in [-0.2, 0) is 117 Å². The van der Waals surface area contributed by atoms with Crippen LogP contribution in [0.2, 0.25) is 0 Å². The molecule has 21 rings (SSSR count). The molecule has 0 amide bonds. The van der Waals surface area contributed by atoms with Gasteiger partial charge in [-0.2, -0.15) is 20.1 Å². The van der Waals surface area contributed by atoms with E-state index in [0.717, 1.165) is 45.3 Å². The van der Waals surface area contributed by atoms with Crippen LogP contribution in [-0.4, -0.2) is 327 Å². The van der Waals surface area contributed by atoms with E-state index in [4.69, 9.17) is 129 Å². The fourth-order valence-electron chi connectivity index (χ4n) is 15.9. The predicted octanol–water partition coefficient (Wildman–Crippen LogP) is -7.07. The number of rotatable bonds is 6. The summed E-state index contributed by atoms with van der Waals surface area (Å²) < 4.78 is 171. The van der Waals surface area contributed by atoms with Gasteiger partial charge in [-0.3, -0.25) is 102 Å². The summed E-state index contributed by atoms with van der Waals surface area (Å²) in [5, 5.41) is 70.6. The number of aliphatic hydroxyl groups excluding tert-OH is 6. The highest BCUT2D eigenvalue weighted by atomic mass is 32.5. The predicted molar refractivity (Wildman–Crippen MR) is 436 cm³/mol. The number of nitrogens with two attached hydrogens (primary N) is 6. The first-order valence-electron chi connectivity index (χ1n) is 38.9. The lowest BCUT2D eigenvalue weighted by Crippen LogP contribution is -2.36. The van der Waals surface area contributed by atoms with Gasteiger partial charge in [0.25, 0.3) is 16.7 Å². The fourth-order valence-corrected chi connectivity index (χ4v) is 22.1. The molecule has 0 spiro atoms. The molecule has 0 aromatic carbocycles. The molecule has 21 heterocycles. The molecule has 12 aromatic heterocycles. The maximum absolute atomic E-state index is 13.2. The van der Waals surface area contributed by atoms with Crippen LogP contribution in [0.1, 0.15) is 42.9 Å². The standard InChI is InChI=1S/2C20H24N10O13P2.C20H24N10O12P2S/c21-14-8-15(24-3-23-14)29(4-25-8)18-11(32)12-7(41-18)2-39-45(36,37)43-13-10(31)6(1-38-44(34,35)42-12)40-19(13)30-5-26-9-16(30)27-20(22)28-17(9)33;21-15-17-23-1-6(30(17)26-4-24-15)12-11(32)13-8(40-12)3-39-45(36,37)43-14-10(31)7(2-38-44(34,35)42-13)41-19(14)29-5-25-9-16(29)27-20(22)28-18(9)33;21-14-8-15(24-3-23-14)29(4-25-8)18-11(32)12-7(40-18)2-37-43(34,35)41-13-10(31)6(1-38-44(36,45)42-12)39-19(13)30-5-26-9-16(30)27-20(22)28-17(9)33/h3-7,10-13,18-19,31-32H,1-2H2,(H,34,35)(H,36,37)(H2,21,23,24)(H3,22,27,28,33);1,4-5,7-8,10-14,19,31-32H,2-3H2,(H,34,35)(H,36,37)(H2,21,24,26)(H3,22,27,28,33);3-7,10-13,18-19,31-32H,1-2H2,(H,34,35)(H,36,45)(H2,21,23,24)(H3,22,27,28,33)/t6-,7-,10+,11-,12-,13-,18-,19?;7-,8-,10-,11+,12+,13-,14-,19-;6-,7-,10-,11-,12-,13-,18-,19-,44?/m111/s1. The Morgan fingerprint density at radius 1 is 0.333 bits per heavy atom. The highest BCUT2D eigenvalue weighted by molar-refractivity contribution is 8.07. The summed E-state index contributed by atoms with van der Waals surface area (Å²) in [7, 11) is -25.4. The second-order valence-corrected chi connectivity index (χ2v) is 40.2. The SMILES string of the molecule is Nc1nc2c(ncn2C2O[C@@H]3COP(=O)(O)O[C@H]4[C@@H](O)[C@H](n5cnc6c(N)ncnc65)O[C@@H]4COP(=O)(O)O[C@@H]2[C@H]3O)c(=O)[nH]1.Nc1nc2c(ncn2[C@@H]2O[C@@H]3COP(=O)(O)O[C@H]4[C@@H](O)[C@H](c5cnc6c(N)ncnn56)O[C@@H]4COP(=O)(O)O[C@@H]2[C@@H]3O)c(=O)[nH]1.Nc1nc2c(ncn2[C@@H]2O[C@@H]3COP(O)(=S)O[C@H]4[C@@H](O)[C@H](n5cnc6c(N)ncnc65)O[C@@H]4COP(=O)(O)O[C@@H]2[C@@H]3O)c(=O)[nH]1. The van der Waals surface area contributed by atoms with Crippen molar-refractivity contribution in [2.24, 2.45) is 0 Å². The molecule has 9 aliphatic heterocycles. The molecule has 7 unspecified atom stereocenters. The molecule has 68 nitrogen and oxygen atoms in total. The molecule has 12 aromatic rings. The summed E-state index contributed by atoms with van der Waals surface area (Å²) in [6.45, 7) is -8.88. The second kappa shape index (κ2) is 35.5. The van der Waals surface area contributed by atoms with Gasteiger partial charge in [0.1, 0.15) is 146 Å². The van der Waals surface area contributed by atoms with Crippen LogP contribution in [0.4, 0.5) is 35.3 Å². The maximum atomic E-state index is 13.2. The molecule has 0 radical (unpaired) electrons. The number of nitrogens with zero attached hydrogens (tertiary/aromatic N) is 21. The van der Waals surface area contributed by atoms with Gasteiger partial charge >= 0.3 is 45.8 Å². The number of fused-ring (bicyclic) bond motifs is 15. The third kappa shape index (κ3) is 18.1. The minimum atomic E-state index is -5.11. The monoisotopic (exact) mass is 2040 g/mol. The van der Waals surface area contributed by atoms with Crippen molar-refractivity contribution in [3.63, 3.8) is 0 Å². The van der Waals surface area contributed by atoms with Gasteiger partial charge in [-0.05, 0) is 11.8 Å². The number of anilines is 6. The molecule has 9 aliphatic rings. The van der Waals surface area contributed by atoms with Crippen molar-refractivity contribution in [2.75, 3.05) is 74.0 Å². The molecule has 9 saturated heterocycles. The molecular formula is C60H72N30O38P6S. The number of imidazole rings is 6. The summed E-state index contributed by atoms with van der Waals surface area (Å²) in [4.78, 5) is 164. The average Bonchev–Trinajstić information content (AvgIpc) is 1.63. The highest BCUT2D eigenvalue weighted by Gasteiger charge is 2.59. The van der Waals surface area contributed by atoms with Crippen LogP contribution >= 0.6 is 45.8 Å². The molecule has 135 heavy (non-hydrogen) atoms. The lowest BCUT2D eigenvalue weighted by molar-refractivity contribution is -0.0672. The molecule has 0 aliphatic carbocycles. The number of hydrogen-bond donors (Lipinski definition) is 21. The number of phosphoric ester groups is 5. The van der Waals surface area contributed by atoms with Gasteiger partial charge in [-0.25, -0.2) is 82.2 Å². The maximum Gasteiger partial charge on any atom is 0.472 e. The van der Waals surface area contributed by atoms with Crippen LogP contribution in [0.5, 0.6) is 0 Å². The Hall–Kier alpha value is -9.90. The Kier molecular flexibility index (Phi) is 24.8. The van der Waals surface area contributed by atoms with Gasteiger partial charge in [-0.1, -0.05) is 0 Å². The zero-order valence-electron chi connectivity index (χ0n) is 67.2. The number of aromatic amines is 3. The molecular weight excluding hydrogens is 1970 g/mol. The van der Waals surface area contributed by atoms with Gasteiger partial charge in [0.2, 0.25) is 17.8 Å². The summed E-state index contributed by atoms with van der Waals surface area (Å²) in [6.07, 6.45) is -26.5. The molecule has 30 atom stereocenters. The van der Waals surface area contributed by atoms with Crippen molar-refractivity contribution >= 4 is 154 Å². The number of ether oxygens (including phenoxy) is 6. The Labute approximate surface area is 748 Å². The van der Waals surface area contributed by atoms with Crippen LogP contribution in [0.3, 0.4) is 0 Å². The van der Waals surface area contributed by atoms with Crippen LogP contribution in [0.15, 0.2) is 71.2 Å². The molecule has 6 bridgehead atoms. The normalized spacial score (nSPS) is 37.7. The largest absolute Gasteiger partial charge is 0.472 e. The minimum absolute atomic E-state index is 0.0181. The van der Waals surface area contributed by atoms with Crippen LogP contribution < -0.4 is 51.1 Å². The van der Waals surface area contributed by atoms with E-state index in [-0.39, 0.29) is 102 Å². The fraction of sp³-hybridized carbons (Fsp3) is 0.500. The van der Waals surface area contributed by atoms with E-state index in [9.17, 15) is 97.2 Å². The number of aliphatic hydroxyl groups is 6. The van der Waals surface area contributed by atoms with Gasteiger partial charge in [-0.15, -0.1) is 0 Å². The molecule has 9 fully saturated rings. The van der Waals surface area contributed by atoms with E-state index in [2.05, 4.69) is 89.8 Å². The topological polar surface area (TPSA) is 971 Å². The van der Waals surface area contributed by atoms with E-state index in [1.807, 2.05) is 0 Å². The first-order valence-corrected chi connectivity index (χ1v) is 48.9. The number of aromatic nitrogens is 24. The van der Waals surface area contributed by atoms with Gasteiger partial charge in [0.05, 0.1) is 83.2 Å². The molecule has 75 heteroatoms. The smallest absolute Gasteiger partial charge is 0.387 e. The number of nitrogen functional groups attached to an aromatic ring is 6. The van der Waals surface area contributed by atoms with Gasteiger partial charge in [0, 0.05) is 0 Å². The first-order chi connectivity index (χ1) is 63.9. The molecule has 27 N–H and O–H groups in total. The summed E-state index contributed by atoms with van der Waals surface area (Å²) in [5.41, 5.74) is 32.6. The molecule has 726 valence electrons. The zero-order chi connectivity index (χ0) is 95.5. The third-order valence-electron chi connectivity index (χ3n) is 22.0. The Balaban J connectivity index is 0.000000130.